The first kappa shape index (κ1) is 22.1. The number of nitrogens with two attached hydrogens (primary N) is 1. The largest absolute Gasteiger partial charge is 0.465 e. The number of halogens is 1. The Hall–Kier alpha value is -2.64. The number of aryl methyl sites for hydroxylation is 1. The first-order valence-electron chi connectivity index (χ1n) is 10.3. The number of amides is 1. The molecule has 3 rings (SSSR count). The number of hydrogen-bond acceptors (Lipinski definition) is 4. The van der Waals surface area contributed by atoms with Crippen molar-refractivity contribution in [1.82, 2.24) is 4.90 Å². The van der Waals surface area contributed by atoms with E-state index in [1.165, 1.54) is 11.0 Å². The summed E-state index contributed by atoms with van der Waals surface area (Å²) in [6.45, 7) is 2.88. The summed E-state index contributed by atoms with van der Waals surface area (Å²) < 4.78 is 20.8. The predicted octanol–water partition coefficient (Wildman–Crippen LogP) is 4.24. The lowest BCUT2D eigenvalue weighted by Gasteiger charge is -2.42. The number of likely N-dealkylation sites (tertiary alicyclic amines) is 1. The van der Waals surface area contributed by atoms with Crippen molar-refractivity contribution in [3.63, 3.8) is 0 Å². The standard InChI is InChI=1S/C23H29FN2O4/c1-16-6-2-8-18(14-16)30-21-19(9-3-10-20(21)24)23(29,11-5-12-25)17-7-4-13-26(15-17)22(27)28/h2-3,6,8-10,14,17,29H,4-5,7,11-13,15,25H2,1H3,(H,27,28)/t17-,23?/m1/s1. The first-order valence-corrected chi connectivity index (χ1v) is 10.3. The number of benzene rings is 2. The van der Waals surface area contributed by atoms with E-state index in [-0.39, 0.29) is 18.7 Å². The van der Waals surface area contributed by atoms with Gasteiger partial charge in [-0.2, -0.15) is 0 Å². The summed E-state index contributed by atoms with van der Waals surface area (Å²) in [4.78, 5) is 12.8. The van der Waals surface area contributed by atoms with E-state index in [0.29, 0.717) is 43.7 Å². The van der Waals surface area contributed by atoms with E-state index in [4.69, 9.17) is 10.5 Å². The van der Waals surface area contributed by atoms with Crippen molar-refractivity contribution in [3.05, 3.63) is 59.4 Å². The molecule has 30 heavy (non-hydrogen) atoms. The zero-order valence-corrected chi connectivity index (χ0v) is 17.2. The minimum atomic E-state index is -1.46. The van der Waals surface area contributed by atoms with Gasteiger partial charge in [0.05, 0.1) is 5.60 Å². The highest BCUT2D eigenvalue weighted by Gasteiger charge is 2.43. The second-order valence-electron chi connectivity index (χ2n) is 7.92. The predicted molar refractivity (Wildman–Crippen MR) is 112 cm³/mol. The van der Waals surface area contributed by atoms with E-state index in [1.54, 1.807) is 24.3 Å². The van der Waals surface area contributed by atoms with Crippen LogP contribution in [0.15, 0.2) is 42.5 Å². The number of rotatable bonds is 7. The molecule has 1 saturated heterocycles. The quantitative estimate of drug-likeness (QED) is 0.627. The highest BCUT2D eigenvalue weighted by Crippen LogP contribution is 2.45. The van der Waals surface area contributed by atoms with Gasteiger partial charge in [0.1, 0.15) is 5.75 Å². The monoisotopic (exact) mass is 416 g/mol. The van der Waals surface area contributed by atoms with Crippen LogP contribution in [0, 0.1) is 18.7 Å². The minimum absolute atomic E-state index is 0.0323. The van der Waals surface area contributed by atoms with Crippen molar-refractivity contribution < 1.29 is 24.1 Å². The SMILES string of the molecule is Cc1cccc(Oc2c(F)cccc2C(O)(CCCN)[C@@H]2CCCN(C(=O)O)C2)c1. The number of piperidine rings is 1. The molecular formula is C23H29FN2O4. The Labute approximate surface area is 176 Å². The topological polar surface area (TPSA) is 96.0 Å². The third-order valence-electron chi connectivity index (χ3n) is 5.77. The highest BCUT2D eigenvalue weighted by molar-refractivity contribution is 5.65. The molecule has 0 spiro atoms. The van der Waals surface area contributed by atoms with Crippen LogP contribution in [0.5, 0.6) is 11.5 Å². The smallest absolute Gasteiger partial charge is 0.407 e. The zero-order valence-electron chi connectivity index (χ0n) is 17.2. The molecule has 1 aliphatic rings. The number of carboxylic acid groups (broad SMARTS) is 1. The zero-order chi connectivity index (χ0) is 21.7. The second-order valence-corrected chi connectivity index (χ2v) is 7.92. The minimum Gasteiger partial charge on any atom is -0.465 e. The van der Waals surface area contributed by atoms with E-state index in [0.717, 1.165) is 5.56 Å². The van der Waals surface area contributed by atoms with E-state index in [1.807, 2.05) is 19.1 Å². The van der Waals surface area contributed by atoms with Gasteiger partial charge in [0.15, 0.2) is 11.6 Å². The molecule has 0 saturated carbocycles. The maximum atomic E-state index is 14.9. The normalized spacial score (nSPS) is 18.7. The summed E-state index contributed by atoms with van der Waals surface area (Å²) in [5.74, 6) is -0.532. The van der Waals surface area contributed by atoms with Crippen molar-refractivity contribution in [2.75, 3.05) is 19.6 Å². The van der Waals surface area contributed by atoms with Crippen molar-refractivity contribution in [2.24, 2.45) is 11.7 Å². The lowest BCUT2D eigenvalue weighted by molar-refractivity contribution is -0.0585. The molecular weight excluding hydrogens is 387 g/mol. The van der Waals surface area contributed by atoms with E-state index >= 15 is 0 Å². The van der Waals surface area contributed by atoms with Crippen molar-refractivity contribution in [1.29, 1.82) is 0 Å². The van der Waals surface area contributed by atoms with Crippen LogP contribution in [0.2, 0.25) is 0 Å². The fourth-order valence-electron chi connectivity index (χ4n) is 4.22. The Morgan fingerprint density at radius 2 is 2.10 bits per heavy atom. The molecule has 2 atom stereocenters. The van der Waals surface area contributed by atoms with Gasteiger partial charge in [-0.3, -0.25) is 0 Å². The summed E-state index contributed by atoms with van der Waals surface area (Å²) in [5.41, 5.74) is 5.54. The maximum Gasteiger partial charge on any atom is 0.407 e. The molecule has 6 nitrogen and oxygen atoms in total. The third kappa shape index (κ3) is 4.74. The number of ether oxygens (including phenoxy) is 1. The molecule has 0 bridgehead atoms. The molecule has 2 aromatic carbocycles. The van der Waals surface area contributed by atoms with Crippen LogP contribution in [0.4, 0.5) is 9.18 Å². The van der Waals surface area contributed by atoms with Crippen LogP contribution in [0.3, 0.4) is 0 Å². The molecule has 2 aromatic rings. The summed E-state index contributed by atoms with van der Waals surface area (Å²) in [5, 5.41) is 21.3. The molecule has 0 radical (unpaired) electrons. The number of nitrogens with zero attached hydrogens (tertiary/aromatic N) is 1. The fraction of sp³-hybridized carbons (Fsp3) is 0.435. The van der Waals surface area contributed by atoms with Crippen LogP contribution in [0.25, 0.3) is 0 Å². The van der Waals surface area contributed by atoms with Crippen LogP contribution >= 0.6 is 0 Å². The van der Waals surface area contributed by atoms with Crippen LogP contribution < -0.4 is 10.5 Å². The molecule has 7 heteroatoms. The third-order valence-corrected chi connectivity index (χ3v) is 5.77. The lowest BCUT2D eigenvalue weighted by atomic mass is 9.74. The van der Waals surface area contributed by atoms with E-state index in [9.17, 15) is 19.4 Å². The number of aliphatic hydroxyl groups is 1. The van der Waals surface area contributed by atoms with E-state index in [2.05, 4.69) is 0 Å². The highest BCUT2D eigenvalue weighted by atomic mass is 19.1. The molecule has 1 unspecified atom stereocenters. The average molecular weight is 416 g/mol. The molecule has 0 aromatic heterocycles. The van der Waals surface area contributed by atoms with Gasteiger partial charge in [0.25, 0.3) is 0 Å². The van der Waals surface area contributed by atoms with Crippen molar-refractivity contribution >= 4 is 6.09 Å². The van der Waals surface area contributed by atoms with Gasteiger partial charge >= 0.3 is 6.09 Å². The number of para-hydroxylation sites is 1. The Bertz CT molecular complexity index is 891. The Morgan fingerprint density at radius 3 is 2.80 bits per heavy atom. The molecule has 1 heterocycles. The second kappa shape index (κ2) is 9.45. The summed E-state index contributed by atoms with van der Waals surface area (Å²) in [7, 11) is 0. The molecule has 1 fully saturated rings. The molecule has 1 amide bonds. The van der Waals surface area contributed by atoms with Gasteiger partial charge in [-0.25, -0.2) is 9.18 Å². The van der Waals surface area contributed by atoms with Gasteiger partial charge in [0.2, 0.25) is 0 Å². The van der Waals surface area contributed by atoms with Crippen LogP contribution in [0.1, 0.15) is 36.8 Å². The molecule has 4 N–H and O–H groups in total. The average Bonchev–Trinajstić information content (AvgIpc) is 2.73. The Kier molecular flexibility index (Phi) is 6.95. The number of carbonyl (C=O) groups is 1. The molecule has 0 aliphatic carbocycles. The lowest BCUT2D eigenvalue weighted by Crippen LogP contribution is -2.48. The van der Waals surface area contributed by atoms with Crippen molar-refractivity contribution in [3.8, 4) is 11.5 Å². The van der Waals surface area contributed by atoms with Gasteiger partial charge in [0, 0.05) is 24.6 Å². The van der Waals surface area contributed by atoms with Gasteiger partial charge in [-0.1, -0.05) is 24.3 Å². The first-order chi connectivity index (χ1) is 14.3. The summed E-state index contributed by atoms with van der Waals surface area (Å²) >= 11 is 0. The van der Waals surface area contributed by atoms with Crippen LogP contribution in [-0.2, 0) is 5.60 Å². The summed E-state index contributed by atoms with van der Waals surface area (Å²) in [6.07, 6.45) is 1.04. The molecule has 162 valence electrons. The number of hydrogen-bond donors (Lipinski definition) is 3. The van der Waals surface area contributed by atoms with Gasteiger partial charge < -0.3 is 25.6 Å². The van der Waals surface area contributed by atoms with Gasteiger partial charge in [-0.15, -0.1) is 0 Å². The Balaban J connectivity index is 2.03. The fourth-order valence-corrected chi connectivity index (χ4v) is 4.22. The maximum absolute atomic E-state index is 14.9. The van der Waals surface area contributed by atoms with Crippen molar-refractivity contribution in [2.45, 2.75) is 38.2 Å². The summed E-state index contributed by atoms with van der Waals surface area (Å²) in [6, 6.07) is 11.7. The van der Waals surface area contributed by atoms with Gasteiger partial charge in [-0.05, 0) is 62.9 Å². The van der Waals surface area contributed by atoms with E-state index < -0.39 is 23.4 Å². The van der Waals surface area contributed by atoms with Crippen LogP contribution in [-0.4, -0.2) is 40.8 Å². The molecule has 1 aliphatic heterocycles. The Morgan fingerprint density at radius 1 is 1.33 bits per heavy atom.